The molecule has 0 amide bonds. The molecule has 1 aliphatic heterocycles. The van der Waals surface area contributed by atoms with E-state index in [0.717, 1.165) is 0 Å². The number of nitrogens with two attached hydrogens (primary N) is 1. The van der Waals surface area contributed by atoms with Gasteiger partial charge in [0.2, 0.25) is 5.95 Å². The van der Waals surface area contributed by atoms with Gasteiger partial charge in [-0.3, -0.25) is 4.68 Å². The number of ether oxygens (including phenoxy) is 2. The average molecular weight is 515 g/mol. The Balaban J connectivity index is 1.44. The Morgan fingerprint density at radius 1 is 1.28 bits per heavy atom. The van der Waals surface area contributed by atoms with E-state index < -0.39 is 11.4 Å². The number of fused-ring (bicyclic) bond motifs is 2. The summed E-state index contributed by atoms with van der Waals surface area (Å²) in [7, 11) is 3.46. The topological polar surface area (TPSA) is 143 Å². The smallest absolute Gasteiger partial charge is 0.211 e. The maximum Gasteiger partial charge on any atom is 0.211 e. The lowest BCUT2D eigenvalue weighted by Gasteiger charge is -2.30. The van der Waals surface area contributed by atoms with Gasteiger partial charge in [-0.25, -0.2) is 19.3 Å². The molecule has 14 heteroatoms. The Morgan fingerprint density at radius 2 is 2.08 bits per heavy atom. The molecular weight excluding hydrogens is 491 g/mol. The van der Waals surface area contributed by atoms with Gasteiger partial charge in [0.1, 0.15) is 27.7 Å². The first-order valence-corrected chi connectivity index (χ1v) is 11.4. The molecule has 0 radical (unpaired) electrons. The van der Waals surface area contributed by atoms with Crippen LogP contribution in [0.15, 0.2) is 24.8 Å². The molecule has 0 aliphatic carbocycles. The van der Waals surface area contributed by atoms with Crippen LogP contribution in [-0.2, 0) is 24.9 Å². The van der Waals surface area contributed by atoms with Crippen molar-refractivity contribution in [3.05, 3.63) is 47.0 Å². The maximum absolute atomic E-state index is 15.0. The standard InChI is InChI=1S/C22H24ClFN10O2/c1-22(2)10-34-12(9-35-22)17(24)19(32-34)30-21-31-20-18(33(21)4)16(23)14(7-29-20)36-13(5-25)11-6-28-15(26-3)8-27-11/h5-8H,9-10,25H2,1-4H3,(H,26,28)(H,29,30,31,32). The van der Waals surface area contributed by atoms with Gasteiger partial charge >= 0.3 is 0 Å². The van der Waals surface area contributed by atoms with Crippen LogP contribution < -0.4 is 21.1 Å². The molecule has 1 aliphatic rings. The van der Waals surface area contributed by atoms with E-state index in [0.29, 0.717) is 40.9 Å². The molecule has 0 unspecified atom stereocenters. The normalized spacial score (nSPS) is 15.1. The molecule has 12 nitrogen and oxygen atoms in total. The van der Waals surface area contributed by atoms with Crippen molar-refractivity contribution in [2.75, 3.05) is 17.7 Å². The molecule has 0 aromatic carbocycles. The van der Waals surface area contributed by atoms with Crippen molar-refractivity contribution in [3.8, 4) is 5.75 Å². The van der Waals surface area contributed by atoms with Crippen molar-refractivity contribution in [2.45, 2.75) is 32.6 Å². The molecule has 188 valence electrons. The van der Waals surface area contributed by atoms with E-state index in [9.17, 15) is 0 Å². The van der Waals surface area contributed by atoms with E-state index in [1.165, 1.54) is 18.6 Å². The number of rotatable bonds is 6. The Kier molecular flexibility index (Phi) is 5.88. The van der Waals surface area contributed by atoms with E-state index in [2.05, 4.69) is 35.7 Å². The van der Waals surface area contributed by atoms with Crippen LogP contribution in [0.5, 0.6) is 5.75 Å². The second kappa shape index (κ2) is 8.91. The molecule has 0 atom stereocenters. The first kappa shape index (κ1) is 23.8. The van der Waals surface area contributed by atoms with Gasteiger partial charge < -0.3 is 30.4 Å². The molecular formula is C22H24ClFN10O2. The third kappa shape index (κ3) is 4.16. The Labute approximate surface area is 210 Å². The van der Waals surface area contributed by atoms with Gasteiger partial charge in [-0.05, 0) is 13.8 Å². The third-order valence-electron chi connectivity index (χ3n) is 5.69. The molecule has 5 rings (SSSR count). The fourth-order valence-corrected chi connectivity index (χ4v) is 4.07. The summed E-state index contributed by atoms with van der Waals surface area (Å²) >= 11 is 6.67. The number of anilines is 3. The predicted molar refractivity (Wildman–Crippen MR) is 132 cm³/mol. The monoisotopic (exact) mass is 514 g/mol. The van der Waals surface area contributed by atoms with Crippen LogP contribution in [0.2, 0.25) is 5.02 Å². The molecule has 4 aromatic heterocycles. The second-order valence-electron chi connectivity index (χ2n) is 8.71. The van der Waals surface area contributed by atoms with Crippen LogP contribution in [0.1, 0.15) is 25.2 Å². The lowest BCUT2D eigenvalue weighted by molar-refractivity contribution is -0.0673. The summed E-state index contributed by atoms with van der Waals surface area (Å²) in [5.74, 6) is 0.909. The molecule has 4 N–H and O–H groups in total. The Morgan fingerprint density at radius 3 is 2.78 bits per heavy atom. The summed E-state index contributed by atoms with van der Waals surface area (Å²) in [6.45, 7) is 4.41. The summed E-state index contributed by atoms with van der Waals surface area (Å²) in [6.07, 6.45) is 5.75. The minimum atomic E-state index is -0.497. The molecule has 36 heavy (non-hydrogen) atoms. The van der Waals surface area contributed by atoms with Crippen molar-refractivity contribution in [2.24, 2.45) is 12.8 Å². The van der Waals surface area contributed by atoms with Crippen LogP contribution in [0.25, 0.3) is 16.9 Å². The number of hydrogen-bond acceptors (Lipinski definition) is 10. The molecule has 0 fully saturated rings. The lowest BCUT2D eigenvalue weighted by atomic mass is 10.1. The van der Waals surface area contributed by atoms with Crippen LogP contribution >= 0.6 is 11.6 Å². The summed E-state index contributed by atoms with van der Waals surface area (Å²) < 4.78 is 29.9. The van der Waals surface area contributed by atoms with Crippen molar-refractivity contribution in [3.63, 3.8) is 0 Å². The zero-order valence-electron chi connectivity index (χ0n) is 20.0. The van der Waals surface area contributed by atoms with E-state index in [1.54, 1.807) is 29.5 Å². The highest BCUT2D eigenvalue weighted by Gasteiger charge is 2.31. The Bertz CT molecular complexity index is 1480. The first-order valence-electron chi connectivity index (χ1n) is 11.0. The number of aromatic nitrogens is 7. The van der Waals surface area contributed by atoms with Crippen molar-refractivity contribution < 1.29 is 13.9 Å². The van der Waals surface area contributed by atoms with Crippen LogP contribution in [0.3, 0.4) is 0 Å². The maximum atomic E-state index is 15.0. The number of hydrogen-bond donors (Lipinski definition) is 3. The second-order valence-corrected chi connectivity index (χ2v) is 9.09. The van der Waals surface area contributed by atoms with Crippen molar-refractivity contribution in [1.82, 2.24) is 34.3 Å². The van der Waals surface area contributed by atoms with Gasteiger partial charge in [-0.2, -0.15) is 10.1 Å². The van der Waals surface area contributed by atoms with E-state index in [-0.39, 0.29) is 29.0 Å². The fraction of sp³-hybridized carbons (Fsp3) is 0.318. The molecule has 5 heterocycles. The van der Waals surface area contributed by atoms with Crippen molar-refractivity contribution >= 4 is 46.1 Å². The minimum absolute atomic E-state index is 0.0363. The number of nitrogens with one attached hydrogen (secondary N) is 2. The molecule has 4 aromatic rings. The molecule has 0 spiro atoms. The average Bonchev–Trinajstić information content (AvgIpc) is 3.34. The summed E-state index contributed by atoms with van der Waals surface area (Å²) in [5.41, 5.74) is 6.91. The minimum Gasteiger partial charge on any atom is -0.450 e. The largest absolute Gasteiger partial charge is 0.450 e. The third-order valence-corrected chi connectivity index (χ3v) is 6.06. The first-order chi connectivity index (χ1) is 17.2. The van der Waals surface area contributed by atoms with Gasteiger partial charge in [-0.15, -0.1) is 0 Å². The quantitative estimate of drug-likeness (QED) is 0.328. The fourth-order valence-electron chi connectivity index (χ4n) is 3.77. The van der Waals surface area contributed by atoms with Gasteiger partial charge in [0.15, 0.2) is 28.8 Å². The van der Waals surface area contributed by atoms with Crippen LogP contribution in [0.4, 0.5) is 22.0 Å². The van der Waals surface area contributed by atoms with E-state index >= 15 is 4.39 Å². The van der Waals surface area contributed by atoms with Crippen LogP contribution in [0, 0.1) is 5.82 Å². The summed E-state index contributed by atoms with van der Waals surface area (Å²) in [4.78, 5) is 17.3. The highest BCUT2D eigenvalue weighted by atomic mass is 35.5. The summed E-state index contributed by atoms with van der Waals surface area (Å²) in [5, 5.41) is 10.4. The zero-order chi connectivity index (χ0) is 25.6. The number of nitrogens with zero attached hydrogens (tertiary/aromatic N) is 7. The number of imidazole rings is 1. The molecule has 0 saturated heterocycles. The van der Waals surface area contributed by atoms with Gasteiger partial charge in [-0.1, -0.05) is 11.6 Å². The molecule has 0 bridgehead atoms. The SMILES string of the molecule is CNc1cnc(C(=CN)Oc2cnc3nc(Nc4nn5c(c4F)COC(C)(C)C5)n(C)c3c2Cl)cn1. The highest BCUT2D eigenvalue weighted by molar-refractivity contribution is 6.36. The zero-order valence-corrected chi connectivity index (χ0v) is 20.8. The number of halogens is 2. The Hall–Kier alpha value is -3.97. The lowest BCUT2D eigenvalue weighted by Crippen LogP contribution is -2.36. The predicted octanol–water partition coefficient (Wildman–Crippen LogP) is 3.18. The summed E-state index contributed by atoms with van der Waals surface area (Å²) in [6, 6.07) is 0. The molecule has 0 saturated carbocycles. The number of aryl methyl sites for hydroxylation is 1. The van der Waals surface area contributed by atoms with Gasteiger partial charge in [0.05, 0.1) is 37.3 Å². The van der Waals surface area contributed by atoms with Gasteiger partial charge in [0.25, 0.3) is 0 Å². The van der Waals surface area contributed by atoms with Gasteiger partial charge in [0, 0.05) is 20.3 Å². The van der Waals surface area contributed by atoms with E-state index in [4.69, 9.17) is 26.8 Å². The number of pyridine rings is 1. The van der Waals surface area contributed by atoms with Crippen LogP contribution in [-0.4, -0.2) is 46.9 Å². The van der Waals surface area contributed by atoms with E-state index in [1.807, 2.05) is 13.8 Å². The van der Waals surface area contributed by atoms with Crippen molar-refractivity contribution in [1.29, 1.82) is 0 Å². The highest BCUT2D eigenvalue weighted by Crippen LogP contribution is 2.35.